The van der Waals surface area contributed by atoms with E-state index in [0.717, 1.165) is 42.4 Å². The van der Waals surface area contributed by atoms with E-state index in [0.29, 0.717) is 38.4 Å². The first-order valence-electron chi connectivity index (χ1n) is 15.4. The minimum Gasteiger partial charge on any atom is -0.462 e. The minimum atomic E-state index is -1.93. The van der Waals surface area contributed by atoms with Crippen molar-refractivity contribution in [2.75, 3.05) is 26.4 Å². The lowest BCUT2D eigenvalue weighted by molar-refractivity contribution is -0.309. The zero-order valence-corrected chi connectivity index (χ0v) is 25.4. The Morgan fingerprint density at radius 2 is 1.61 bits per heavy atom. The first-order valence-corrected chi connectivity index (χ1v) is 15.4. The second-order valence-electron chi connectivity index (χ2n) is 11.8. The lowest BCUT2D eigenvalue weighted by Gasteiger charge is -2.46. The molecule has 3 aliphatic heterocycles. The first kappa shape index (κ1) is 32.8. The van der Waals surface area contributed by atoms with E-state index >= 15 is 0 Å². The number of rotatable bonds is 13. The summed E-state index contributed by atoms with van der Waals surface area (Å²) in [5.74, 6) is -0.246. The molecule has 2 unspecified atom stereocenters. The molecule has 0 saturated carbocycles. The van der Waals surface area contributed by atoms with E-state index in [4.69, 9.17) is 33.2 Å². The molecule has 2 aromatic carbocycles. The normalized spacial score (nSPS) is 30.4. The topological polar surface area (TPSA) is 142 Å². The number of hydrogen-bond donors (Lipinski definition) is 3. The van der Waals surface area contributed by atoms with Crippen LogP contribution in [0, 0.1) is 0 Å². The smallest absolute Gasteiger partial charge is 0.332 e. The number of ether oxygens (including phenoxy) is 7. The number of esters is 1. The Morgan fingerprint density at radius 3 is 2.27 bits per heavy atom. The lowest BCUT2D eigenvalue weighted by Crippen LogP contribution is -2.66. The molecule has 11 heteroatoms. The monoisotopic (exact) mass is 616 g/mol. The summed E-state index contributed by atoms with van der Waals surface area (Å²) in [6, 6.07) is 14.0. The van der Waals surface area contributed by atoms with Crippen LogP contribution < -0.4 is 4.74 Å². The number of carbonyl (C=O) groups excluding carboxylic acids is 1. The lowest BCUT2D eigenvalue weighted by atomic mass is 9.86. The molecule has 0 aliphatic carbocycles. The maximum absolute atomic E-state index is 12.3. The van der Waals surface area contributed by atoms with Crippen molar-refractivity contribution in [2.24, 2.45) is 0 Å². The third kappa shape index (κ3) is 8.35. The van der Waals surface area contributed by atoms with E-state index in [2.05, 4.69) is 31.2 Å². The summed E-state index contributed by atoms with van der Waals surface area (Å²) in [6.45, 7) is 4.25. The van der Waals surface area contributed by atoms with E-state index in [-0.39, 0.29) is 12.9 Å². The van der Waals surface area contributed by atoms with E-state index in [1.54, 1.807) is 0 Å². The Balaban J connectivity index is 1.29. The Hall–Kier alpha value is -2.61. The van der Waals surface area contributed by atoms with Crippen molar-refractivity contribution in [3.05, 3.63) is 64.7 Å². The molecule has 0 bridgehead atoms. The van der Waals surface area contributed by atoms with Crippen LogP contribution in [0.3, 0.4) is 0 Å². The molecule has 3 saturated heterocycles. The summed E-state index contributed by atoms with van der Waals surface area (Å²) in [4.78, 5) is 12.3. The molecule has 7 atom stereocenters. The highest BCUT2D eigenvalue weighted by Crippen LogP contribution is 2.34. The minimum absolute atomic E-state index is 0.253. The number of carbonyl (C=O) groups is 1. The van der Waals surface area contributed by atoms with Gasteiger partial charge in [0.15, 0.2) is 12.6 Å². The highest BCUT2D eigenvalue weighted by atomic mass is 16.7. The average Bonchev–Trinajstić information content (AvgIpc) is 3.75. The molecule has 11 nitrogen and oxygen atoms in total. The molecule has 3 heterocycles. The summed E-state index contributed by atoms with van der Waals surface area (Å²) in [7, 11) is 0. The quantitative estimate of drug-likeness (QED) is 0.286. The van der Waals surface area contributed by atoms with Gasteiger partial charge in [-0.1, -0.05) is 43.3 Å². The molecule has 242 valence electrons. The maximum atomic E-state index is 12.3. The molecular formula is C33H44O11. The Morgan fingerprint density at radius 1 is 0.955 bits per heavy atom. The summed E-state index contributed by atoms with van der Waals surface area (Å²) in [5, 5.41) is 32.8. The van der Waals surface area contributed by atoms with Gasteiger partial charge >= 0.3 is 5.97 Å². The van der Waals surface area contributed by atoms with Gasteiger partial charge in [0.05, 0.1) is 6.61 Å². The van der Waals surface area contributed by atoms with Gasteiger partial charge in [-0.05, 0) is 54.5 Å². The number of aliphatic hydroxyl groups is 3. The van der Waals surface area contributed by atoms with Crippen LogP contribution in [-0.2, 0) is 52.7 Å². The third-order valence-electron chi connectivity index (χ3n) is 8.35. The Labute approximate surface area is 257 Å². The fraction of sp³-hybridized carbons (Fsp3) is 0.606. The van der Waals surface area contributed by atoms with Gasteiger partial charge in [-0.25, -0.2) is 4.79 Å². The molecule has 3 fully saturated rings. The van der Waals surface area contributed by atoms with E-state index < -0.39 is 49.1 Å². The predicted octanol–water partition coefficient (Wildman–Crippen LogP) is 2.77. The maximum Gasteiger partial charge on any atom is 0.332 e. The van der Waals surface area contributed by atoms with Gasteiger partial charge in [-0.2, -0.15) is 0 Å². The number of hydrogen-bond acceptors (Lipinski definition) is 11. The van der Waals surface area contributed by atoms with Crippen LogP contribution in [0.15, 0.2) is 42.5 Å². The number of aliphatic hydroxyl groups excluding tert-OH is 2. The van der Waals surface area contributed by atoms with Crippen molar-refractivity contribution < 1.29 is 53.3 Å². The van der Waals surface area contributed by atoms with Crippen LogP contribution in [0.5, 0.6) is 5.75 Å². The standard InChI is InChI=1S/C33H44O11/c1-3-21-8-10-22(11-9-21)16-24-13-12-23(18-41-28-6-4-14-38-28)17-25(24)43-32-30(35)31(36)33(2,37)26(44-32)19-40-27(34)20-42-29-7-5-15-39-29/h8-13,17,26,28-32,35-37H,3-7,14-16,18-20H2,1-2H3/t26-,28?,29?,30-,31-,32+,33-/m1/s1. The molecule has 5 rings (SSSR count). The fourth-order valence-corrected chi connectivity index (χ4v) is 5.47. The second-order valence-corrected chi connectivity index (χ2v) is 11.8. The molecule has 0 spiro atoms. The van der Waals surface area contributed by atoms with Gasteiger partial charge in [0.2, 0.25) is 6.29 Å². The largest absolute Gasteiger partial charge is 0.462 e. The SMILES string of the molecule is CCc1ccc(Cc2ccc(COC3CCCO3)cc2O[C@H]2O[C@H](COC(=O)COC3CCCO3)[C@@](C)(O)[C@H](O)[C@H]2O)cc1. The van der Waals surface area contributed by atoms with Crippen LogP contribution in [0.25, 0.3) is 0 Å². The summed E-state index contributed by atoms with van der Waals surface area (Å²) >= 11 is 0. The molecular weight excluding hydrogens is 572 g/mol. The van der Waals surface area contributed by atoms with Crippen molar-refractivity contribution in [3.63, 3.8) is 0 Å². The van der Waals surface area contributed by atoms with Gasteiger partial charge in [0.1, 0.15) is 42.9 Å². The van der Waals surface area contributed by atoms with Gasteiger partial charge in [-0.15, -0.1) is 0 Å². The van der Waals surface area contributed by atoms with Crippen molar-refractivity contribution in [3.8, 4) is 5.75 Å². The average molecular weight is 617 g/mol. The zero-order chi connectivity index (χ0) is 31.1. The van der Waals surface area contributed by atoms with Crippen molar-refractivity contribution in [1.29, 1.82) is 0 Å². The van der Waals surface area contributed by atoms with Gasteiger partial charge in [-0.3, -0.25) is 0 Å². The molecule has 0 amide bonds. The molecule has 2 aromatic rings. The van der Waals surface area contributed by atoms with E-state index in [1.807, 2.05) is 18.2 Å². The zero-order valence-electron chi connectivity index (χ0n) is 25.4. The van der Waals surface area contributed by atoms with E-state index in [9.17, 15) is 20.1 Å². The Bertz CT molecular complexity index is 1200. The Kier molecular flexibility index (Phi) is 11.3. The molecule has 3 aliphatic rings. The highest BCUT2D eigenvalue weighted by molar-refractivity contribution is 5.70. The number of benzene rings is 2. The van der Waals surface area contributed by atoms with Crippen molar-refractivity contribution in [2.45, 2.75) is 102 Å². The summed E-state index contributed by atoms with van der Waals surface area (Å²) < 4.78 is 39.7. The third-order valence-corrected chi connectivity index (χ3v) is 8.35. The van der Waals surface area contributed by atoms with Crippen LogP contribution in [0.4, 0.5) is 0 Å². The number of aryl methyl sites for hydroxylation is 1. The van der Waals surface area contributed by atoms with Crippen LogP contribution in [0.1, 0.15) is 61.8 Å². The molecule has 44 heavy (non-hydrogen) atoms. The highest BCUT2D eigenvalue weighted by Gasteiger charge is 2.53. The summed E-state index contributed by atoms with van der Waals surface area (Å²) in [6.07, 6.45) is -1.68. The van der Waals surface area contributed by atoms with Crippen molar-refractivity contribution in [1.82, 2.24) is 0 Å². The van der Waals surface area contributed by atoms with Crippen LogP contribution in [0.2, 0.25) is 0 Å². The van der Waals surface area contributed by atoms with Gasteiger partial charge in [0, 0.05) is 32.5 Å². The molecule has 0 radical (unpaired) electrons. The first-order chi connectivity index (χ1) is 21.2. The van der Waals surface area contributed by atoms with Gasteiger partial charge < -0.3 is 48.5 Å². The van der Waals surface area contributed by atoms with Gasteiger partial charge in [0.25, 0.3) is 0 Å². The predicted molar refractivity (Wildman–Crippen MR) is 157 cm³/mol. The van der Waals surface area contributed by atoms with Crippen LogP contribution >= 0.6 is 0 Å². The second kappa shape index (κ2) is 15.1. The van der Waals surface area contributed by atoms with E-state index in [1.165, 1.54) is 12.5 Å². The molecule has 0 aromatic heterocycles. The molecule has 3 N–H and O–H groups in total. The fourth-order valence-electron chi connectivity index (χ4n) is 5.47. The van der Waals surface area contributed by atoms with Crippen molar-refractivity contribution >= 4 is 5.97 Å². The van der Waals surface area contributed by atoms with Crippen LogP contribution in [-0.4, -0.2) is 90.5 Å². The summed E-state index contributed by atoms with van der Waals surface area (Å²) in [5.41, 5.74) is 2.02.